The number of allylic oxidation sites excluding steroid dienone is 2. The van der Waals surface area contributed by atoms with Crippen LogP contribution in [0, 0.1) is 0 Å². The molecule has 1 saturated heterocycles. The summed E-state index contributed by atoms with van der Waals surface area (Å²) in [7, 11) is 0. The molecule has 1 rings (SSSR count). The van der Waals surface area contributed by atoms with Gasteiger partial charge in [0, 0.05) is 19.5 Å². The Morgan fingerprint density at radius 3 is 1.47 bits per heavy atom. The largest absolute Gasteiger partial charge is 0.343 e. The summed E-state index contributed by atoms with van der Waals surface area (Å²) < 4.78 is 0. The van der Waals surface area contributed by atoms with Gasteiger partial charge < -0.3 is 4.90 Å². The maximum Gasteiger partial charge on any atom is 0.222 e. The first-order chi connectivity index (χ1) is 14.8. The van der Waals surface area contributed by atoms with E-state index in [1.54, 1.807) is 0 Å². The van der Waals surface area contributed by atoms with Gasteiger partial charge in [0.05, 0.1) is 0 Å². The van der Waals surface area contributed by atoms with Gasteiger partial charge in [-0.15, -0.1) is 0 Å². The third kappa shape index (κ3) is 16.9. The fourth-order valence-corrected chi connectivity index (χ4v) is 4.53. The Balaban J connectivity index is 1.69. The van der Waals surface area contributed by atoms with Crippen molar-refractivity contribution in [1.29, 1.82) is 0 Å². The molecule has 176 valence electrons. The number of hydrogen-bond donors (Lipinski definition) is 0. The second kappa shape index (κ2) is 21.4. The smallest absolute Gasteiger partial charge is 0.222 e. The molecular formula is C28H53NO. The van der Waals surface area contributed by atoms with Gasteiger partial charge in [-0.3, -0.25) is 4.79 Å². The molecule has 0 spiro atoms. The summed E-state index contributed by atoms with van der Waals surface area (Å²) in [6.07, 6.45) is 33.9. The number of amides is 1. The van der Waals surface area contributed by atoms with Crippen LogP contribution in [0.3, 0.4) is 0 Å². The lowest BCUT2D eigenvalue weighted by atomic mass is 10.0. The third-order valence-electron chi connectivity index (χ3n) is 6.61. The summed E-state index contributed by atoms with van der Waals surface area (Å²) in [4.78, 5) is 14.0. The van der Waals surface area contributed by atoms with E-state index in [9.17, 15) is 4.79 Å². The summed E-state index contributed by atoms with van der Waals surface area (Å²) in [5, 5.41) is 0. The van der Waals surface area contributed by atoms with E-state index in [4.69, 9.17) is 0 Å². The summed E-state index contributed by atoms with van der Waals surface area (Å²) in [6.45, 7) is 4.30. The van der Waals surface area contributed by atoms with Crippen molar-refractivity contribution in [3.63, 3.8) is 0 Å². The Labute approximate surface area is 189 Å². The van der Waals surface area contributed by atoms with Crippen LogP contribution in [-0.4, -0.2) is 23.9 Å². The Morgan fingerprint density at radius 1 is 0.600 bits per heavy atom. The minimum atomic E-state index is 0.404. The van der Waals surface area contributed by atoms with Crippen molar-refractivity contribution in [2.45, 2.75) is 148 Å². The van der Waals surface area contributed by atoms with Gasteiger partial charge in [-0.1, -0.05) is 109 Å². The molecule has 1 aliphatic heterocycles. The van der Waals surface area contributed by atoms with Gasteiger partial charge in [0.1, 0.15) is 0 Å². The molecule has 1 amide bonds. The number of carbonyl (C=O) groups is 1. The zero-order valence-electron chi connectivity index (χ0n) is 20.5. The molecule has 0 atom stereocenters. The maximum absolute atomic E-state index is 12.0. The molecule has 30 heavy (non-hydrogen) atoms. The van der Waals surface area contributed by atoms with Crippen LogP contribution in [0.4, 0.5) is 0 Å². The summed E-state index contributed by atoms with van der Waals surface area (Å²) in [5.74, 6) is 0.404. The van der Waals surface area contributed by atoms with Crippen molar-refractivity contribution in [1.82, 2.24) is 4.90 Å². The standard InChI is InChI=1S/C28H53NO/c1-2-3-4-5-6-7-8-9-10-11-12-13-14-15-16-17-18-19-20-21-22-25-28(30)29-26-23-24-27-29/h9-10H,2-8,11-27H2,1H3/b10-9+. The molecule has 0 aromatic carbocycles. The molecular weight excluding hydrogens is 366 g/mol. The normalized spacial score (nSPS) is 14.2. The number of likely N-dealkylation sites (tertiary alicyclic amines) is 1. The van der Waals surface area contributed by atoms with E-state index < -0.39 is 0 Å². The molecule has 1 fully saturated rings. The number of rotatable bonds is 21. The minimum Gasteiger partial charge on any atom is -0.343 e. The van der Waals surface area contributed by atoms with Crippen LogP contribution >= 0.6 is 0 Å². The molecule has 0 aromatic heterocycles. The first kappa shape index (κ1) is 27.2. The highest BCUT2D eigenvalue weighted by Gasteiger charge is 2.16. The van der Waals surface area contributed by atoms with Crippen molar-refractivity contribution in [3.05, 3.63) is 12.2 Å². The maximum atomic E-state index is 12.0. The predicted octanol–water partition coefficient (Wildman–Crippen LogP) is 8.99. The van der Waals surface area contributed by atoms with Crippen molar-refractivity contribution in [3.8, 4) is 0 Å². The highest BCUT2D eigenvalue weighted by atomic mass is 16.2. The molecule has 2 heteroatoms. The van der Waals surface area contributed by atoms with Crippen LogP contribution in [0.1, 0.15) is 148 Å². The van der Waals surface area contributed by atoms with E-state index in [-0.39, 0.29) is 0 Å². The topological polar surface area (TPSA) is 20.3 Å². The Morgan fingerprint density at radius 2 is 1.00 bits per heavy atom. The van der Waals surface area contributed by atoms with Crippen molar-refractivity contribution < 1.29 is 4.79 Å². The van der Waals surface area contributed by atoms with Crippen LogP contribution in [0.5, 0.6) is 0 Å². The average Bonchev–Trinajstić information content (AvgIpc) is 3.30. The molecule has 0 radical (unpaired) electrons. The minimum absolute atomic E-state index is 0.404. The van der Waals surface area contributed by atoms with Gasteiger partial charge in [-0.2, -0.15) is 0 Å². The van der Waals surface area contributed by atoms with Crippen molar-refractivity contribution in [2.24, 2.45) is 0 Å². The molecule has 0 N–H and O–H groups in total. The Hall–Kier alpha value is -0.790. The van der Waals surface area contributed by atoms with Gasteiger partial charge in [0.25, 0.3) is 0 Å². The highest BCUT2D eigenvalue weighted by molar-refractivity contribution is 5.76. The van der Waals surface area contributed by atoms with Crippen LogP contribution in [0.2, 0.25) is 0 Å². The van der Waals surface area contributed by atoms with E-state index in [2.05, 4.69) is 24.0 Å². The van der Waals surface area contributed by atoms with Gasteiger partial charge >= 0.3 is 0 Å². The van der Waals surface area contributed by atoms with Gasteiger partial charge in [0.2, 0.25) is 5.91 Å². The van der Waals surface area contributed by atoms with E-state index in [0.717, 1.165) is 25.9 Å². The zero-order valence-corrected chi connectivity index (χ0v) is 20.5. The second-order valence-corrected chi connectivity index (χ2v) is 9.54. The van der Waals surface area contributed by atoms with E-state index in [0.29, 0.717) is 5.91 Å². The fourth-order valence-electron chi connectivity index (χ4n) is 4.53. The van der Waals surface area contributed by atoms with Crippen LogP contribution in [0.25, 0.3) is 0 Å². The zero-order chi connectivity index (χ0) is 21.5. The molecule has 0 saturated carbocycles. The third-order valence-corrected chi connectivity index (χ3v) is 6.61. The fraction of sp³-hybridized carbons (Fsp3) is 0.893. The van der Waals surface area contributed by atoms with E-state index in [1.165, 1.54) is 128 Å². The summed E-state index contributed by atoms with van der Waals surface area (Å²) in [6, 6.07) is 0. The van der Waals surface area contributed by atoms with Crippen LogP contribution < -0.4 is 0 Å². The lowest BCUT2D eigenvalue weighted by Gasteiger charge is -2.14. The molecule has 0 aliphatic carbocycles. The number of nitrogens with zero attached hydrogens (tertiary/aromatic N) is 1. The van der Waals surface area contributed by atoms with Crippen molar-refractivity contribution in [2.75, 3.05) is 13.1 Å². The van der Waals surface area contributed by atoms with Crippen LogP contribution in [-0.2, 0) is 4.79 Å². The molecule has 1 heterocycles. The Bertz CT molecular complexity index is 397. The quantitative estimate of drug-likeness (QED) is 0.134. The van der Waals surface area contributed by atoms with Gasteiger partial charge in [-0.25, -0.2) is 0 Å². The molecule has 0 unspecified atom stereocenters. The summed E-state index contributed by atoms with van der Waals surface area (Å²) in [5.41, 5.74) is 0. The second-order valence-electron chi connectivity index (χ2n) is 9.54. The molecule has 1 aliphatic rings. The SMILES string of the molecule is CCCCCCCC/C=C/CCCCCCCCCCCCCC(=O)N1CCCC1. The van der Waals surface area contributed by atoms with Crippen molar-refractivity contribution >= 4 is 5.91 Å². The predicted molar refractivity (Wildman–Crippen MR) is 133 cm³/mol. The number of unbranched alkanes of at least 4 members (excludes halogenated alkanes) is 17. The van der Waals surface area contributed by atoms with Gasteiger partial charge in [0.15, 0.2) is 0 Å². The number of carbonyl (C=O) groups excluding carboxylic acids is 1. The summed E-state index contributed by atoms with van der Waals surface area (Å²) >= 11 is 0. The Kier molecular flexibility index (Phi) is 19.5. The van der Waals surface area contributed by atoms with E-state index >= 15 is 0 Å². The van der Waals surface area contributed by atoms with Gasteiger partial charge in [-0.05, 0) is 44.9 Å². The monoisotopic (exact) mass is 419 g/mol. The first-order valence-electron chi connectivity index (χ1n) is 13.8. The van der Waals surface area contributed by atoms with E-state index in [1.807, 2.05) is 0 Å². The molecule has 0 bridgehead atoms. The molecule has 0 aromatic rings. The average molecular weight is 420 g/mol. The first-order valence-corrected chi connectivity index (χ1v) is 13.8. The lowest BCUT2D eigenvalue weighted by Crippen LogP contribution is -2.27. The highest BCUT2D eigenvalue weighted by Crippen LogP contribution is 2.15. The lowest BCUT2D eigenvalue weighted by molar-refractivity contribution is -0.130. The molecule has 2 nitrogen and oxygen atoms in total. The number of hydrogen-bond acceptors (Lipinski definition) is 1. The van der Waals surface area contributed by atoms with Crippen LogP contribution in [0.15, 0.2) is 12.2 Å².